The number of amides is 2. The highest BCUT2D eigenvalue weighted by Gasteiger charge is 2.35. The third kappa shape index (κ3) is 3.58. The maximum absolute atomic E-state index is 12.2. The van der Waals surface area contributed by atoms with Crippen LogP contribution >= 0.6 is 0 Å². The van der Waals surface area contributed by atoms with Crippen LogP contribution in [-0.2, 0) is 9.53 Å². The van der Waals surface area contributed by atoms with Crippen LogP contribution in [0.25, 0.3) is 0 Å². The molecule has 0 spiro atoms. The van der Waals surface area contributed by atoms with E-state index in [2.05, 4.69) is 0 Å². The molecule has 2 amide bonds. The summed E-state index contributed by atoms with van der Waals surface area (Å²) in [5.41, 5.74) is 0. The van der Waals surface area contributed by atoms with Crippen molar-refractivity contribution in [3.63, 3.8) is 0 Å². The largest absolute Gasteiger partial charge is 0.480 e. The van der Waals surface area contributed by atoms with Crippen LogP contribution < -0.4 is 0 Å². The Morgan fingerprint density at radius 1 is 1.44 bits per heavy atom. The minimum absolute atomic E-state index is 0.152. The van der Waals surface area contributed by atoms with Gasteiger partial charge in [0.15, 0.2) is 0 Å². The van der Waals surface area contributed by atoms with Gasteiger partial charge in [0, 0.05) is 26.7 Å². The number of carbonyl (C=O) groups excluding carboxylic acids is 1. The average Bonchev–Trinajstić information content (AvgIpc) is 2.82. The van der Waals surface area contributed by atoms with Crippen molar-refractivity contribution in [2.75, 3.05) is 40.0 Å². The van der Waals surface area contributed by atoms with Crippen molar-refractivity contribution in [3.05, 3.63) is 0 Å². The molecule has 0 saturated carbocycles. The van der Waals surface area contributed by atoms with Crippen LogP contribution in [0.2, 0.25) is 0 Å². The van der Waals surface area contributed by atoms with Gasteiger partial charge < -0.3 is 24.7 Å². The van der Waals surface area contributed by atoms with E-state index in [9.17, 15) is 9.59 Å². The lowest BCUT2D eigenvalue weighted by atomic mass is 10.2. The molecule has 0 aromatic carbocycles. The second kappa shape index (κ2) is 7.17. The summed E-state index contributed by atoms with van der Waals surface area (Å²) in [6.45, 7) is 1.19. The van der Waals surface area contributed by atoms with E-state index in [4.69, 9.17) is 14.9 Å². The Bertz CT molecular complexity index is 297. The summed E-state index contributed by atoms with van der Waals surface area (Å²) in [6, 6.07) is -1.09. The molecule has 0 unspecified atom stereocenters. The van der Waals surface area contributed by atoms with Gasteiger partial charge in [-0.1, -0.05) is 0 Å². The van der Waals surface area contributed by atoms with Crippen molar-refractivity contribution >= 4 is 12.0 Å². The smallest absolute Gasteiger partial charge is 0.326 e. The van der Waals surface area contributed by atoms with Gasteiger partial charge in [-0.05, 0) is 12.8 Å². The van der Waals surface area contributed by atoms with Crippen LogP contribution in [0.15, 0.2) is 0 Å². The van der Waals surface area contributed by atoms with E-state index >= 15 is 0 Å². The number of carbonyl (C=O) groups is 2. The van der Waals surface area contributed by atoms with Crippen LogP contribution in [0.5, 0.6) is 0 Å². The Labute approximate surface area is 106 Å². The maximum Gasteiger partial charge on any atom is 0.326 e. The number of methoxy groups -OCH3 is 1. The van der Waals surface area contributed by atoms with Crippen LogP contribution in [0.3, 0.4) is 0 Å². The van der Waals surface area contributed by atoms with Gasteiger partial charge in [0.05, 0.1) is 13.2 Å². The second-order valence-corrected chi connectivity index (χ2v) is 4.18. The third-order valence-corrected chi connectivity index (χ3v) is 2.99. The predicted octanol–water partition coefficient (Wildman–Crippen LogP) is -0.404. The molecule has 0 bridgehead atoms. The maximum atomic E-state index is 12.2. The molecule has 1 fully saturated rings. The fourth-order valence-electron chi connectivity index (χ4n) is 2.06. The van der Waals surface area contributed by atoms with Crippen LogP contribution in [0.1, 0.15) is 12.8 Å². The second-order valence-electron chi connectivity index (χ2n) is 4.18. The molecule has 1 atom stereocenters. The first-order valence-corrected chi connectivity index (χ1v) is 6.00. The minimum atomic E-state index is -0.975. The number of rotatable bonds is 6. The van der Waals surface area contributed by atoms with Gasteiger partial charge in [-0.25, -0.2) is 9.59 Å². The summed E-state index contributed by atoms with van der Waals surface area (Å²) in [5, 5.41) is 18.0. The quantitative estimate of drug-likeness (QED) is 0.678. The molecule has 1 aliphatic rings. The number of carboxylic acid groups (broad SMARTS) is 1. The highest BCUT2D eigenvalue weighted by Crippen LogP contribution is 2.19. The predicted molar refractivity (Wildman–Crippen MR) is 63.3 cm³/mol. The number of nitrogens with zero attached hydrogens (tertiary/aromatic N) is 2. The van der Waals surface area contributed by atoms with Crippen LogP contribution in [0, 0.1) is 0 Å². The average molecular weight is 260 g/mol. The SMILES string of the molecule is COCCN(CCO)C(=O)N1CCC[C@@H]1C(=O)O. The molecule has 104 valence electrons. The van der Waals surface area contributed by atoms with Crippen LogP contribution in [0.4, 0.5) is 4.79 Å². The number of aliphatic hydroxyl groups excluding tert-OH is 1. The van der Waals surface area contributed by atoms with E-state index in [-0.39, 0.29) is 19.2 Å². The van der Waals surface area contributed by atoms with Gasteiger partial charge >= 0.3 is 12.0 Å². The Morgan fingerprint density at radius 3 is 2.72 bits per heavy atom. The van der Waals surface area contributed by atoms with Crippen molar-refractivity contribution in [3.8, 4) is 0 Å². The number of ether oxygens (including phenoxy) is 1. The number of aliphatic hydroxyl groups is 1. The molecule has 0 radical (unpaired) electrons. The highest BCUT2D eigenvalue weighted by atomic mass is 16.5. The number of hydrogen-bond acceptors (Lipinski definition) is 4. The van der Waals surface area contributed by atoms with Crippen molar-refractivity contribution in [1.82, 2.24) is 9.80 Å². The fourth-order valence-corrected chi connectivity index (χ4v) is 2.06. The Balaban J connectivity index is 2.65. The molecule has 0 aliphatic carbocycles. The molecule has 18 heavy (non-hydrogen) atoms. The minimum Gasteiger partial charge on any atom is -0.480 e. The molecule has 0 aromatic heterocycles. The number of likely N-dealkylation sites (tertiary alicyclic amines) is 1. The fraction of sp³-hybridized carbons (Fsp3) is 0.818. The van der Waals surface area contributed by atoms with E-state index in [1.165, 1.54) is 16.9 Å². The molecular formula is C11H20N2O5. The summed E-state index contributed by atoms with van der Waals surface area (Å²) in [4.78, 5) is 26.0. The lowest BCUT2D eigenvalue weighted by molar-refractivity contribution is -0.141. The molecule has 1 aliphatic heterocycles. The van der Waals surface area contributed by atoms with Crippen LogP contribution in [-0.4, -0.2) is 78.0 Å². The number of carboxylic acids is 1. The molecular weight excluding hydrogens is 240 g/mol. The van der Waals surface area contributed by atoms with Gasteiger partial charge in [0.2, 0.25) is 0 Å². The first-order valence-electron chi connectivity index (χ1n) is 6.00. The topological polar surface area (TPSA) is 90.3 Å². The first-order chi connectivity index (χ1) is 8.61. The van der Waals surface area contributed by atoms with E-state index in [1.54, 1.807) is 0 Å². The number of hydrogen-bond donors (Lipinski definition) is 2. The zero-order chi connectivity index (χ0) is 13.5. The van der Waals surface area contributed by atoms with Crippen molar-refractivity contribution in [1.29, 1.82) is 0 Å². The van der Waals surface area contributed by atoms with Crippen molar-refractivity contribution < 1.29 is 24.5 Å². The number of aliphatic carboxylic acids is 1. The molecule has 1 saturated heterocycles. The Hall–Kier alpha value is -1.34. The molecule has 1 rings (SSSR count). The molecule has 2 N–H and O–H groups in total. The van der Waals surface area contributed by atoms with Gasteiger partial charge in [-0.15, -0.1) is 0 Å². The lowest BCUT2D eigenvalue weighted by Crippen LogP contribution is -2.49. The Kier molecular flexibility index (Phi) is 5.87. The number of urea groups is 1. The lowest BCUT2D eigenvalue weighted by Gasteiger charge is -2.29. The van der Waals surface area contributed by atoms with E-state index in [1.807, 2.05) is 0 Å². The summed E-state index contributed by atoms with van der Waals surface area (Å²) < 4.78 is 4.90. The third-order valence-electron chi connectivity index (χ3n) is 2.99. The van der Waals surface area contributed by atoms with Gasteiger partial charge in [-0.3, -0.25) is 0 Å². The van der Waals surface area contributed by atoms with Gasteiger partial charge in [0.25, 0.3) is 0 Å². The van der Waals surface area contributed by atoms with E-state index < -0.39 is 12.0 Å². The zero-order valence-corrected chi connectivity index (χ0v) is 10.5. The highest BCUT2D eigenvalue weighted by molar-refractivity contribution is 5.83. The summed E-state index contributed by atoms with van der Waals surface area (Å²) in [6.07, 6.45) is 1.18. The zero-order valence-electron chi connectivity index (χ0n) is 10.5. The molecule has 1 heterocycles. The normalized spacial score (nSPS) is 19.0. The van der Waals surface area contributed by atoms with Gasteiger partial charge in [-0.2, -0.15) is 0 Å². The Morgan fingerprint density at radius 2 is 2.17 bits per heavy atom. The standard InChI is InChI=1S/C11H20N2O5/c1-18-8-6-12(5-7-14)11(17)13-4-2-3-9(13)10(15)16/h9,14H,2-8H2,1H3,(H,15,16)/t9-/m1/s1. The molecule has 0 aromatic rings. The summed E-state index contributed by atoms with van der Waals surface area (Å²) in [7, 11) is 1.53. The van der Waals surface area contributed by atoms with E-state index in [0.717, 1.165) is 0 Å². The van der Waals surface area contributed by atoms with Crippen molar-refractivity contribution in [2.45, 2.75) is 18.9 Å². The molecule has 7 nitrogen and oxygen atoms in total. The monoisotopic (exact) mass is 260 g/mol. The molecule has 7 heteroatoms. The first kappa shape index (κ1) is 14.7. The van der Waals surface area contributed by atoms with Gasteiger partial charge in [0.1, 0.15) is 6.04 Å². The van der Waals surface area contributed by atoms with Crippen molar-refractivity contribution in [2.24, 2.45) is 0 Å². The summed E-state index contributed by atoms with van der Waals surface area (Å²) in [5.74, 6) is -0.975. The van der Waals surface area contributed by atoms with E-state index in [0.29, 0.717) is 32.5 Å². The summed E-state index contributed by atoms with van der Waals surface area (Å²) >= 11 is 0.